The molecule has 0 spiro atoms. The molecule has 3 nitrogen and oxygen atoms in total. The van der Waals surface area contributed by atoms with Gasteiger partial charge in [-0.15, -0.1) is 11.3 Å². The minimum atomic E-state index is -3.41. The van der Waals surface area contributed by atoms with Gasteiger partial charge in [0.1, 0.15) is 4.21 Å². The quantitative estimate of drug-likeness (QED) is 0.887. The van der Waals surface area contributed by atoms with Crippen molar-refractivity contribution in [2.75, 3.05) is 6.54 Å². The molecule has 0 aliphatic carbocycles. The van der Waals surface area contributed by atoms with E-state index < -0.39 is 10.0 Å². The second kappa shape index (κ2) is 5.82. The van der Waals surface area contributed by atoms with Gasteiger partial charge in [-0.2, -0.15) is 0 Å². The minimum Gasteiger partial charge on any atom is -0.210 e. The standard InChI is InChI=1S/C9H13BrClNO2S2/c1-3-6(2)5-12-16(13,14)8-4-7(11)9(10)15-8/h4,6,12H,3,5H2,1-2H3. The fraction of sp³-hybridized carbons (Fsp3) is 0.556. The Morgan fingerprint density at radius 1 is 1.62 bits per heavy atom. The molecule has 7 heteroatoms. The maximum atomic E-state index is 11.8. The first-order valence-electron chi connectivity index (χ1n) is 4.81. The van der Waals surface area contributed by atoms with Crippen molar-refractivity contribution in [3.8, 4) is 0 Å². The molecule has 0 amide bonds. The molecule has 0 aromatic carbocycles. The van der Waals surface area contributed by atoms with Gasteiger partial charge in [-0.05, 0) is 27.9 Å². The minimum absolute atomic E-state index is 0.243. The van der Waals surface area contributed by atoms with Crippen molar-refractivity contribution in [1.29, 1.82) is 0 Å². The van der Waals surface area contributed by atoms with Gasteiger partial charge in [-0.1, -0.05) is 31.9 Å². The molecule has 1 unspecified atom stereocenters. The molecule has 0 bridgehead atoms. The van der Waals surface area contributed by atoms with Crippen LogP contribution >= 0.6 is 38.9 Å². The first-order chi connectivity index (χ1) is 7.36. The summed E-state index contributed by atoms with van der Waals surface area (Å²) in [5.41, 5.74) is 0. The lowest BCUT2D eigenvalue weighted by Crippen LogP contribution is -2.27. The molecule has 0 aliphatic rings. The third kappa shape index (κ3) is 3.70. The zero-order valence-corrected chi connectivity index (χ0v) is 12.9. The maximum absolute atomic E-state index is 11.8. The summed E-state index contributed by atoms with van der Waals surface area (Å²) in [5, 5.41) is 0.425. The van der Waals surface area contributed by atoms with Crippen LogP contribution < -0.4 is 4.72 Å². The Morgan fingerprint density at radius 2 is 2.25 bits per heavy atom. The molecule has 0 saturated heterocycles. The molecule has 0 fully saturated rings. The molecule has 1 N–H and O–H groups in total. The van der Waals surface area contributed by atoms with Gasteiger partial charge >= 0.3 is 0 Å². The van der Waals surface area contributed by atoms with Gasteiger partial charge < -0.3 is 0 Å². The SMILES string of the molecule is CCC(C)CNS(=O)(=O)c1cc(Cl)c(Br)s1. The zero-order chi connectivity index (χ0) is 12.3. The lowest BCUT2D eigenvalue weighted by molar-refractivity contribution is 0.529. The molecule has 0 aliphatic heterocycles. The molecule has 16 heavy (non-hydrogen) atoms. The van der Waals surface area contributed by atoms with Crippen LogP contribution in [0.4, 0.5) is 0 Å². The number of thiophene rings is 1. The predicted octanol–water partition coefficient (Wildman–Crippen LogP) is 3.49. The Morgan fingerprint density at radius 3 is 2.69 bits per heavy atom. The zero-order valence-electron chi connectivity index (χ0n) is 8.96. The highest BCUT2D eigenvalue weighted by atomic mass is 79.9. The molecule has 1 rings (SSSR count). The summed E-state index contributed by atoms with van der Waals surface area (Å²) >= 11 is 10.1. The van der Waals surface area contributed by atoms with Gasteiger partial charge in [0.15, 0.2) is 0 Å². The van der Waals surface area contributed by atoms with Crippen LogP contribution in [0.3, 0.4) is 0 Å². The Bertz CT molecular complexity index is 439. The lowest BCUT2D eigenvalue weighted by Gasteiger charge is -2.09. The number of rotatable bonds is 5. The summed E-state index contributed by atoms with van der Waals surface area (Å²) in [7, 11) is -3.41. The second-order valence-corrected chi connectivity index (χ2v) is 8.32. The van der Waals surface area contributed by atoms with Crippen LogP contribution in [-0.2, 0) is 10.0 Å². The largest absolute Gasteiger partial charge is 0.250 e. The normalized spacial score (nSPS) is 14.0. The van der Waals surface area contributed by atoms with Gasteiger partial charge in [0.05, 0.1) is 8.81 Å². The van der Waals surface area contributed by atoms with Crippen molar-refractivity contribution in [2.45, 2.75) is 24.5 Å². The van der Waals surface area contributed by atoms with Gasteiger partial charge in [0.2, 0.25) is 10.0 Å². The highest BCUT2D eigenvalue weighted by molar-refractivity contribution is 9.11. The Balaban J connectivity index is 2.78. The van der Waals surface area contributed by atoms with E-state index in [1.165, 1.54) is 6.07 Å². The van der Waals surface area contributed by atoms with Gasteiger partial charge in [0.25, 0.3) is 0 Å². The second-order valence-electron chi connectivity index (χ2n) is 3.55. The summed E-state index contributed by atoms with van der Waals surface area (Å²) in [5.74, 6) is 0.327. The summed E-state index contributed by atoms with van der Waals surface area (Å²) in [6, 6.07) is 1.45. The van der Waals surface area contributed by atoms with Crippen LogP contribution in [0.1, 0.15) is 20.3 Å². The smallest absolute Gasteiger partial charge is 0.210 e. The van der Waals surface area contributed by atoms with Crippen molar-refractivity contribution in [2.24, 2.45) is 5.92 Å². The van der Waals surface area contributed by atoms with Crippen molar-refractivity contribution in [1.82, 2.24) is 4.72 Å². The first-order valence-corrected chi connectivity index (χ1v) is 8.28. The van der Waals surface area contributed by atoms with Gasteiger partial charge in [-0.3, -0.25) is 0 Å². The third-order valence-corrected chi connectivity index (χ3v) is 6.58. The van der Waals surface area contributed by atoms with E-state index in [4.69, 9.17) is 11.6 Å². The summed E-state index contributed by atoms with van der Waals surface area (Å²) < 4.78 is 27.1. The maximum Gasteiger partial charge on any atom is 0.250 e. The highest BCUT2D eigenvalue weighted by Crippen LogP contribution is 2.34. The van der Waals surface area contributed by atoms with E-state index in [0.29, 0.717) is 21.3 Å². The van der Waals surface area contributed by atoms with E-state index in [1.807, 2.05) is 13.8 Å². The molecule has 0 radical (unpaired) electrons. The molecule has 92 valence electrons. The predicted molar refractivity (Wildman–Crippen MR) is 71.7 cm³/mol. The molecule has 1 aromatic heterocycles. The van der Waals surface area contributed by atoms with Crippen molar-refractivity contribution < 1.29 is 8.42 Å². The first kappa shape index (κ1) is 14.4. The monoisotopic (exact) mass is 345 g/mol. The summed E-state index contributed by atoms with van der Waals surface area (Å²) in [6.07, 6.45) is 0.942. The molecular weight excluding hydrogens is 334 g/mol. The van der Waals surface area contributed by atoms with E-state index >= 15 is 0 Å². The van der Waals surface area contributed by atoms with Crippen LogP contribution in [0.2, 0.25) is 5.02 Å². The molecule has 0 saturated carbocycles. The number of sulfonamides is 1. The van der Waals surface area contributed by atoms with Crippen molar-refractivity contribution >= 4 is 48.9 Å². The molecule has 1 heterocycles. The lowest BCUT2D eigenvalue weighted by atomic mass is 10.1. The summed E-state index contributed by atoms with van der Waals surface area (Å²) in [4.78, 5) is 0. The van der Waals surface area contributed by atoms with E-state index in [0.717, 1.165) is 17.8 Å². The highest BCUT2D eigenvalue weighted by Gasteiger charge is 2.19. The fourth-order valence-corrected chi connectivity index (χ4v) is 4.53. The number of nitrogens with one attached hydrogen (secondary N) is 1. The molecular formula is C9H13BrClNO2S2. The van der Waals surface area contributed by atoms with Crippen LogP contribution in [0.25, 0.3) is 0 Å². The van der Waals surface area contributed by atoms with Crippen LogP contribution in [0.15, 0.2) is 14.1 Å². The van der Waals surface area contributed by atoms with E-state index in [-0.39, 0.29) is 4.21 Å². The van der Waals surface area contributed by atoms with E-state index in [1.54, 1.807) is 0 Å². The van der Waals surface area contributed by atoms with Crippen LogP contribution in [-0.4, -0.2) is 15.0 Å². The molecule has 1 aromatic rings. The van der Waals surface area contributed by atoms with Crippen LogP contribution in [0, 0.1) is 5.92 Å². The average molecular weight is 347 g/mol. The van der Waals surface area contributed by atoms with Gasteiger partial charge in [0, 0.05) is 6.54 Å². The van der Waals surface area contributed by atoms with E-state index in [9.17, 15) is 8.42 Å². The molecule has 1 atom stereocenters. The number of hydrogen-bond acceptors (Lipinski definition) is 3. The summed E-state index contributed by atoms with van der Waals surface area (Å²) in [6.45, 7) is 4.48. The van der Waals surface area contributed by atoms with E-state index in [2.05, 4.69) is 20.7 Å². The van der Waals surface area contributed by atoms with Crippen LogP contribution in [0.5, 0.6) is 0 Å². The average Bonchev–Trinajstić information content (AvgIpc) is 2.56. The Labute approximate surface area is 113 Å². The van der Waals surface area contributed by atoms with Crippen molar-refractivity contribution in [3.05, 3.63) is 14.9 Å². The van der Waals surface area contributed by atoms with Crippen molar-refractivity contribution in [3.63, 3.8) is 0 Å². The third-order valence-electron chi connectivity index (χ3n) is 2.21. The fourth-order valence-electron chi connectivity index (χ4n) is 0.927. The van der Waals surface area contributed by atoms with Gasteiger partial charge in [-0.25, -0.2) is 13.1 Å². The Kier molecular flexibility index (Phi) is 5.25. The number of halogens is 2. The topological polar surface area (TPSA) is 46.2 Å². The Hall–Kier alpha value is 0.380. The number of hydrogen-bond donors (Lipinski definition) is 1.